The first kappa shape index (κ1) is 28.9. The monoisotopic (exact) mass is 582 g/mol. The van der Waals surface area contributed by atoms with Gasteiger partial charge in [0.15, 0.2) is 5.82 Å². The maximum atomic E-state index is 13.5. The number of fused-ring (bicyclic) bond motifs is 1. The van der Waals surface area contributed by atoms with E-state index in [4.69, 9.17) is 21.3 Å². The molecule has 220 valence electrons. The number of alkyl carbamates (subject to hydrolysis) is 1. The molecule has 3 aromatic heterocycles. The van der Waals surface area contributed by atoms with Crippen molar-refractivity contribution in [2.75, 3.05) is 43.0 Å². The summed E-state index contributed by atoms with van der Waals surface area (Å²) in [6, 6.07) is 5.90. The van der Waals surface area contributed by atoms with Gasteiger partial charge in [0.1, 0.15) is 16.3 Å². The van der Waals surface area contributed by atoms with Crippen LogP contribution in [0.3, 0.4) is 0 Å². The molecule has 0 spiro atoms. The Morgan fingerprint density at radius 2 is 1.76 bits per heavy atom. The Kier molecular flexibility index (Phi) is 7.76. The highest BCUT2D eigenvalue weighted by atomic mass is 35.5. The minimum absolute atomic E-state index is 0.0387. The van der Waals surface area contributed by atoms with Gasteiger partial charge < -0.3 is 29.2 Å². The first-order chi connectivity index (χ1) is 19.3. The molecule has 0 atom stereocenters. The van der Waals surface area contributed by atoms with E-state index < -0.39 is 17.2 Å². The quantitative estimate of drug-likeness (QED) is 0.463. The topological polar surface area (TPSA) is 108 Å². The molecule has 2 aliphatic rings. The van der Waals surface area contributed by atoms with E-state index in [2.05, 4.69) is 20.2 Å². The molecule has 41 heavy (non-hydrogen) atoms. The molecule has 11 nitrogen and oxygen atoms in total. The van der Waals surface area contributed by atoms with Gasteiger partial charge in [0, 0.05) is 45.5 Å². The second-order valence-corrected chi connectivity index (χ2v) is 12.8. The Balaban J connectivity index is 1.18. The standard InChI is InChI=1S/C29H39ClN8O3/c1-28(2,3)41-27(40)33-20-10-13-36(14-11-20)26-32-15-21(30)24(34-26)37-17-19(18-37)25(39)35(6)29(4,5)22-16-31-23-9-7-8-12-38(22)23/h7-9,12,15-16,19-20H,10-11,13-14,17-18H2,1-6H3,(H,33,40). The number of ether oxygens (including phenoxy) is 1. The van der Waals surface area contributed by atoms with Crippen molar-refractivity contribution < 1.29 is 14.3 Å². The number of amides is 2. The summed E-state index contributed by atoms with van der Waals surface area (Å²) in [5.41, 5.74) is 0.722. The fourth-order valence-corrected chi connectivity index (χ4v) is 5.55. The molecular formula is C29H39ClN8O3. The van der Waals surface area contributed by atoms with Crippen LogP contribution in [0.2, 0.25) is 5.02 Å². The van der Waals surface area contributed by atoms with Crippen molar-refractivity contribution in [3.63, 3.8) is 0 Å². The molecule has 5 rings (SSSR count). The summed E-state index contributed by atoms with van der Waals surface area (Å²) in [5.74, 6) is 1.14. The lowest BCUT2D eigenvalue weighted by atomic mass is 9.93. The van der Waals surface area contributed by atoms with Crippen molar-refractivity contribution in [2.24, 2.45) is 5.92 Å². The third kappa shape index (κ3) is 6.05. The number of anilines is 2. The van der Waals surface area contributed by atoms with Crippen LogP contribution in [0.1, 0.15) is 53.2 Å². The highest BCUT2D eigenvalue weighted by molar-refractivity contribution is 6.32. The number of aromatic nitrogens is 4. The van der Waals surface area contributed by atoms with Crippen LogP contribution >= 0.6 is 11.6 Å². The minimum atomic E-state index is -0.553. The van der Waals surface area contributed by atoms with Gasteiger partial charge in [0.05, 0.1) is 29.5 Å². The molecule has 2 saturated heterocycles. The van der Waals surface area contributed by atoms with Crippen molar-refractivity contribution in [1.82, 2.24) is 29.6 Å². The summed E-state index contributed by atoms with van der Waals surface area (Å²) in [6.45, 7) is 12.1. The van der Waals surface area contributed by atoms with Crippen molar-refractivity contribution in [3.05, 3.63) is 47.5 Å². The van der Waals surface area contributed by atoms with Crippen LogP contribution in [-0.4, -0.2) is 81.1 Å². The lowest BCUT2D eigenvalue weighted by Crippen LogP contribution is -2.57. The molecule has 3 aromatic rings. The molecule has 0 unspecified atom stereocenters. The molecule has 0 aromatic carbocycles. The first-order valence-electron chi connectivity index (χ1n) is 14.1. The molecule has 2 aliphatic heterocycles. The Bertz CT molecular complexity index is 1420. The maximum Gasteiger partial charge on any atom is 0.407 e. The Morgan fingerprint density at radius 3 is 2.44 bits per heavy atom. The number of hydrogen-bond acceptors (Lipinski definition) is 8. The average Bonchev–Trinajstić information content (AvgIpc) is 3.33. The van der Waals surface area contributed by atoms with Crippen molar-refractivity contribution in [2.45, 2.75) is 64.6 Å². The van der Waals surface area contributed by atoms with E-state index >= 15 is 0 Å². The van der Waals surface area contributed by atoms with Gasteiger partial charge in [-0.3, -0.25) is 4.79 Å². The molecule has 0 aliphatic carbocycles. The number of hydrogen-bond donors (Lipinski definition) is 1. The van der Waals surface area contributed by atoms with Crippen LogP contribution < -0.4 is 15.1 Å². The Morgan fingerprint density at radius 1 is 1.05 bits per heavy atom. The van der Waals surface area contributed by atoms with Gasteiger partial charge in [-0.05, 0) is 59.6 Å². The number of carbonyl (C=O) groups excluding carboxylic acids is 2. The van der Waals surface area contributed by atoms with Gasteiger partial charge in [0.2, 0.25) is 11.9 Å². The molecule has 0 bridgehead atoms. The number of pyridine rings is 1. The van der Waals surface area contributed by atoms with Crippen molar-refractivity contribution >= 4 is 41.0 Å². The smallest absolute Gasteiger partial charge is 0.407 e. The second kappa shape index (κ2) is 11.0. The van der Waals surface area contributed by atoms with E-state index in [0.717, 1.165) is 24.2 Å². The SMILES string of the molecule is CN(C(=O)C1CN(c2nc(N3CCC(NC(=O)OC(C)(C)C)CC3)ncc2Cl)C1)C(C)(C)c1cnc2ccccn12. The van der Waals surface area contributed by atoms with E-state index in [-0.39, 0.29) is 17.9 Å². The average molecular weight is 583 g/mol. The van der Waals surface area contributed by atoms with E-state index in [1.165, 1.54) is 0 Å². The molecule has 2 amide bonds. The normalized spacial score (nSPS) is 17.0. The lowest BCUT2D eigenvalue weighted by molar-refractivity contribution is -0.140. The predicted octanol–water partition coefficient (Wildman–Crippen LogP) is 4.10. The predicted molar refractivity (Wildman–Crippen MR) is 158 cm³/mol. The fraction of sp³-hybridized carbons (Fsp3) is 0.552. The summed E-state index contributed by atoms with van der Waals surface area (Å²) >= 11 is 6.51. The zero-order valence-electron chi connectivity index (χ0n) is 24.6. The molecule has 0 saturated carbocycles. The summed E-state index contributed by atoms with van der Waals surface area (Å²) in [4.78, 5) is 45.3. The minimum Gasteiger partial charge on any atom is -0.444 e. The molecule has 12 heteroatoms. The third-order valence-electron chi connectivity index (χ3n) is 7.95. The lowest BCUT2D eigenvalue weighted by Gasteiger charge is -2.44. The van der Waals surface area contributed by atoms with Crippen molar-refractivity contribution in [1.29, 1.82) is 0 Å². The molecular weight excluding hydrogens is 544 g/mol. The number of nitrogens with zero attached hydrogens (tertiary/aromatic N) is 7. The van der Waals surface area contributed by atoms with E-state index in [1.807, 2.05) is 86.5 Å². The zero-order valence-corrected chi connectivity index (χ0v) is 25.4. The van der Waals surface area contributed by atoms with Gasteiger partial charge in [-0.25, -0.2) is 14.8 Å². The van der Waals surface area contributed by atoms with Gasteiger partial charge in [-0.15, -0.1) is 0 Å². The van der Waals surface area contributed by atoms with E-state index in [1.54, 1.807) is 6.20 Å². The number of carbonyl (C=O) groups is 2. The molecule has 0 radical (unpaired) electrons. The van der Waals surface area contributed by atoms with Crippen LogP contribution in [0, 0.1) is 5.92 Å². The number of piperidine rings is 1. The maximum absolute atomic E-state index is 13.5. The van der Waals surface area contributed by atoms with Gasteiger partial charge in [-0.2, -0.15) is 4.98 Å². The van der Waals surface area contributed by atoms with E-state index in [9.17, 15) is 9.59 Å². The van der Waals surface area contributed by atoms with Crippen molar-refractivity contribution in [3.8, 4) is 0 Å². The number of rotatable bonds is 6. The number of halogens is 1. The van der Waals surface area contributed by atoms with Crippen LogP contribution in [0.4, 0.5) is 16.6 Å². The first-order valence-corrected chi connectivity index (χ1v) is 14.4. The summed E-state index contributed by atoms with van der Waals surface area (Å²) in [5, 5.41) is 3.42. The number of imidazole rings is 1. The third-order valence-corrected chi connectivity index (χ3v) is 8.22. The highest BCUT2D eigenvalue weighted by Gasteiger charge is 2.41. The molecule has 5 heterocycles. The summed E-state index contributed by atoms with van der Waals surface area (Å²) < 4.78 is 7.40. The summed E-state index contributed by atoms with van der Waals surface area (Å²) in [6.07, 6.45) is 6.56. The highest BCUT2D eigenvalue weighted by Crippen LogP contribution is 2.34. The van der Waals surface area contributed by atoms with Gasteiger partial charge in [0.25, 0.3) is 0 Å². The molecule has 1 N–H and O–H groups in total. The second-order valence-electron chi connectivity index (χ2n) is 12.4. The number of nitrogens with one attached hydrogen (secondary N) is 1. The fourth-order valence-electron chi connectivity index (χ4n) is 5.34. The summed E-state index contributed by atoms with van der Waals surface area (Å²) in [7, 11) is 1.85. The Labute approximate surface area is 245 Å². The van der Waals surface area contributed by atoms with Gasteiger partial charge in [-0.1, -0.05) is 17.7 Å². The van der Waals surface area contributed by atoms with Crippen LogP contribution in [0.15, 0.2) is 36.8 Å². The van der Waals surface area contributed by atoms with Gasteiger partial charge >= 0.3 is 6.09 Å². The van der Waals surface area contributed by atoms with Crippen LogP contribution in [0.5, 0.6) is 0 Å². The largest absolute Gasteiger partial charge is 0.444 e. The zero-order chi connectivity index (χ0) is 29.5. The molecule has 2 fully saturated rings. The Hall–Kier alpha value is -3.60. The van der Waals surface area contributed by atoms with Crippen LogP contribution in [-0.2, 0) is 15.1 Å². The van der Waals surface area contributed by atoms with E-state index in [0.29, 0.717) is 43.0 Å². The van der Waals surface area contributed by atoms with Crippen LogP contribution in [0.25, 0.3) is 5.65 Å².